The molecule has 0 aromatic carbocycles. The molecule has 2 N–H and O–H groups in total. The van der Waals surface area contributed by atoms with Gasteiger partial charge in [0.05, 0.1) is 32.2 Å². The predicted octanol–water partition coefficient (Wildman–Crippen LogP) is 8.31. The van der Waals surface area contributed by atoms with Gasteiger partial charge in [0.2, 0.25) is 0 Å². The maximum absolute atomic E-state index is 6.75. The molecule has 2 heterocycles. The van der Waals surface area contributed by atoms with Crippen LogP contribution < -0.4 is 5.73 Å². The maximum atomic E-state index is 6.75. The van der Waals surface area contributed by atoms with Gasteiger partial charge in [-0.2, -0.15) is 0 Å². The van der Waals surface area contributed by atoms with Crippen LogP contribution in [0.25, 0.3) is 0 Å². The van der Waals surface area contributed by atoms with E-state index in [2.05, 4.69) is 87.7 Å². The van der Waals surface area contributed by atoms with E-state index in [1.54, 1.807) is 5.57 Å². The summed E-state index contributed by atoms with van der Waals surface area (Å²) in [6, 6.07) is 0. The van der Waals surface area contributed by atoms with E-state index in [4.69, 9.17) is 19.9 Å². The number of allylic oxidation sites excluding steroid dienone is 2. The Morgan fingerprint density at radius 3 is 2.45 bits per heavy atom. The van der Waals surface area contributed by atoms with Crippen LogP contribution in [0.1, 0.15) is 114 Å². The Kier molecular flexibility index (Phi) is 7.74. The Hall–Kier alpha value is -0.840. The molecule has 10 atom stereocenters. The average Bonchev–Trinajstić information content (AvgIpc) is 2.89. The van der Waals surface area contributed by atoms with E-state index in [9.17, 15) is 0 Å². The van der Waals surface area contributed by atoms with Gasteiger partial charge >= 0.3 is 0 Å². The molecule has 0 aromatic heterocycles. The number of hydrogen-bond acceptors (Lipinski definition) is 4. The number of nitrogens with two attached hydrogens (primary N) is 1. The smallest absolute Gasteiger partial charge is 0.112 e. The van der Waals surface area contributed by atoms with E-state index < -0.39 is 0 Å². The third-order valence-corrected chi connectivity index (χ3v) is 14.0. The van der Waals surface area contributed by atoms with Crippen molar-refractivity contribution in [1.29, 1.82) is 0 Å². The fourth-order valence-electron chi connectivity index (χ4n) is 10.3. The Labute approximate surface area is 246 Å². The minimum absolute atomic E-state index is 0.0133. The molecule has 2 saturated carbocycles. The van der Waals surface area contributed by atoms with Crippen LogP contribution in [-0.2, 0) is 14.2 Å². The highest BCUT2D eigenvalue weighted by atomic mass is 16.5. The lowest BCUT2D eigenvalue weighted by atomic mass is 9.38. The highest BCUT2D eigenvalue weighted by Gasteiger charge is 2.67. The Morgan fingerprint density at radius 2 is 1.80 bits per heavy atom. The van der Waals surface area contributed by atoms with Crippen LogP contribution >= 0.6 is 0 Å². The van der Waals surface area contributed by atoms with Crippen LogP contribution in [0.4, 0.5) is 0 Å². The zero-order valence-electron chi connectivity index (χ0n) is 27.6. The minimum Gasteiger partial charge on any atom is -0.495 e. The van der Waals surface area contributed by atoms with Gasteiger partial charge in [-0.25, -0.2) is 0 Å². The van der Waals surface area contributed by atoms with Gasteiger partial charge in [0.15, 0.2) is 0 Å². The van der Waals surface area contributed by atoms with Crippen molar-refractivity contribution in [1.82, 2.24) is 0 Å². The van der Waals surface area contributed by atoms with Crippen molar-refractivity contribution < 1.29 is 14.2 Å². The lowest BCUT2D eigenvalue weighted by Crippen LogP contribution is -2.64. The van der Waals surface area contributed by atoms with Crippen LogP contribution in [0.3, 0.4) is 0 Å². The van der Waals surface area contributed by atoms with Crippen molar-refractivity contribution >= 4 is 0 Å². The van der Waals surface area contributed by atoms with Crippen molar-refractivity contribution in [3.05, 3.63) is 24.0 Å². The molecule has 228 valence electrons. The Bertz CT molecular complexity index is 1020. The zero-order valence-corrected chi connectivity index (χ0v) is 27.6. The molecule has 0 aromatic rings. The summed E-state index contributed by atoms with van der Waals surface area (Å²) < 4.78 is 19.9. The number of rotatable bonds is 8. The summed E-state index contributed by atoms with van der Waals surface area (Å²) in [5.41, 5.74) is 8.51. The van der Waals surface area contributed by atoms with Crippen LogP contribution in [-0.4, -0.2) is 37.1 Å². The highest BCUT2D eigenvalue weighted by molar-refractivity contribution is 5.35. The van der Waals surface area contributed by atoms with Crippen LogP contribution in [0, 0.1) is 51.2 Å². The first-order chi connectivity index (χ1) is 18.6. The predicted molar refractivity (Wildman–Crippen MR) is 165 cm³/mol. The van der Waals surface area contributed by atoms with E-state index >= 15 is 0 Å². The average molecular weight is 556 g/mol. The molecular formula is C36H61NO3. The van der Waals surface area contributed by atoms with E-state index in [1.807, 2.05) is 0 Å². The molecule has 4 nitrogen and oxygen atoms in total. The van der Waals surface area contributed by atoms with E-state index in [-0.39, 0.29) is 38.9 Å². The molecule has 1 saturated heterocycles. The molecule has 40 heavy (non-hydrogen) atoms. The van der Waals surface area contributed by atoms with Crippen molar-refractivity contribution in [3.63, 3.8) is 0 Å². The largest absolute Gasteiger partial charge is 0.495 e. The zero-order chi connectivity index (χ0) is 29.4. The molecule has 2 aliphatic heterocycles. The number of fused-ring (bicyclic) bond motifs is 5. The quantitative estimate of drug-likeness (QED) is 0.306. The van der Waals surface area contributed by atoms with Gasteiger partial charge in [-0.1, -0.05) is 74.0 Å². The van der Waals surface area contributed by atoms with Gasteiger partial charge < -0.3 is 19.9 Å². The first-order valence-corrected chi connectivity index (χ1v) is 16.7. The monoisotopic (exact) mass is 555 g/mol. The number of ether oxygens (including phenoxy) is 3. The van der Waals surface area contributed by atoms with Gasteiger partial charge in [-0.15, -0.1) is 0 Å². The van der Waals surface area contributed by atoms with Gasteiger partial charge in [0.25, 0.3) is 0 Å². The summed E-state index contributed by atoms with van der Waals surface area (Å²) in [5, 5.41) is 0. The summed E-state index contributed by atoms with van der Waals surface area (Å²) in [5.74, 6) is 2.72. The summed E-state index contributed by atoms with van der Waals surface area (Å²) in [4.78, 5) is 0. The van der Waals surface area contributed by atoms with Crippen molar-refractivity contribution in [2.75, 3.05) is 19.8 Å². The fourth-order valence-corrected chi connectivity index (χ4v) is 10.3. The molecule has 5 unspecified atom stereocenters. The molecule has 3 aliphatic carbocycles. The molecule has 0 radical (unpaired) electrons. The first kappa shape index (κ1) is 30.6. The highest BCUT2D eigenvalue weighted by Crippen LogP contribution is 2.72. The number of hydrogen-bond donors (Lipinski definition) is 1. The summed E-state index contributed by atoms with van der Waals surface area (Å²) in [6.45, 7) is 25.8. The maximum Gasteiger partial charge on any atom is 0.112 e. The molecule has 0 amide bonds. The second-order valence-electron chi connectivity index (χ2n) is 16.6. The van der Waals surface area contributed by atoms with Crippen LogP contribution in [0.5, 0.6) is 0 Å². The van der Waals surface area contributed by atoms with Crippen LogP contribution in [0.2, 0.25) is 0 Å². The summed E-state index contributed by atoms with van der Waals surface area (Å²) in [7, 11) is 0. The normalized spacial score (nSPS) is 45.5. The Balaban J connectivity index is 1.46. The van der Waals surface area contributed by atoms with Gasteiger partial charge in [-0.05, 0) is 93.0 Å². The van der Waals surface area contributed by atoms with Crippen LogP contribution in [0.15, 0.2) is 24.0 Å². The van der Waals surface area contributed by atoms with E-state index in [0.29, 0.717) is 36.2 Å². The van der Waals surface area contributed by atoms with Gasteiger partial charge in [0, 0.05) is 21.8 Å². The second kappa shape index (κ2) is 10.1. The third kappa shape index (κ3) is 4.31. The molecule has 2 bridgehead atoms. The third-order valence-electron chi connectivity index (χ3n) is 14.0. The summed E-state index contributed by atoms with van der Waals surface area (Å²) >= 11 is 0. The molecule has 4 heteroatoms. The second-order valence-corrected chi connectivity index (χ2v) is 16.6. The van der Waals surface area contributed by atoms with Crippen molar-refractivity contribution in [2.24, 2.45) is 57.0 Å². The fraction of sp³-hybridized carbons (Fsp3) is 0.889. The minimum atomic E-state index is -0.324. The Morgan fingerprint density at radius 1 is 1.07 bits per heavy atom. The standard InChI is InChI=1S/C36H61NO3/c1-11-30(39-23-34(10,37)25(4)5)32(8)22-38-21-31(7)27-14-15-35-18-19-40-36(20-35,26(6)24(2)3)17-16-33(35,9)28(27)12-13-29(31)32/h14,18-19,24-26,28-30H,11-13,15-17,20-23,37H2,1-10H3/t26-,28?,29?,30?,31?,32+,33?,34+,35-,36-/m1/s1. The van der Waals surface area contributed by atoms with E-state index in [1.165, 1.54) is 32.1 Å². The lowest BCUT2D eigenvalue weighted by molar-refractivity contribution is -0.208. The van der Waals surface area contributed by atoms with Crippen molar-refractivity contribution in [2.45, 2.75) is 131 Å². The molecule has 3 fully saturated rings. The van der Waals surface area contributed by atoms with Crippen molar-refractivity contribution in [3.8, 4) is 0 Å². The lowest BCUT2D eigenvalue weighted by Gasteiger charge is -2.68. The first-order valence-electron chi connectivity index (χ1n) is 16.7. The molecular weight excluding hydrogens is 494 g/mol. The molecule has 5 aliphatic rings. The van der Waals surface area contributed by atoms with E-state index in [0.717, 1.165) is 26.1 Å². The summed E-state index contributed by atoms with van der Waals surface area (Å²) in [6.07, 6.45) is 15.7. The molecule has 5 rings (SSSR count). The SMILES string of the molecule is CCC(OC[C@](C)(N)C(C)C)[C@@]1(C)COCC2(C)C3=CC[C@]45C=CO[C@]([C@H](C)C(C)C)(CCC4(C)C3CCC21)C5. The molecule has 1 spiro atoms. The topological polar surface area (TPSA) is 53.7 Å². The van der Waals surface area contributed by atoms with Gasteiger partial charge in [0.1, 0.15) is 5.60 Å². The van der Waals surface area contributed by atoms with Gasteiger partial charge in [-0.3, -0.25) is 0 Å².